The van der Waals surface area contributed by atoms with Crippen molar-refractivity contribution in [3.05, 3.63) is 101 Å². The Balaban J connectivity index is 1.80. The number of sulfonamides is 1. The quantitative estimate of drug-likeness (QED) is 0.414. The zero-order valence-electron chi connectivity index (χ0n) is 17.5. The molecule has 0 atom stereocenters. The van der Waals surface area contributed by atoms with E-state index in [4.69, 9.17) is 4.74 Å². The van der Waals surface area contributed by atoms with E-state index >= 15 is 0 Å². The number of benzene rings is 3. The highest BCUT2D eigenvalue weighted by molar-refractivity contribution is 7.89. The van der Waals surface area contributed by atoms with Crippen LogP contribution in [-0.2, 0) is 21.4 Å². The molecule has 0 bridgehead atoms. The average molecular weight is 438 g/mol. The Morgan fingerprint density at radius 3 is 2.16 bits per heavy atom. The Kier molecular flexibility index (Phi) is 6.68. The minimum atomic E-state index is -3.59. The van der Waals surface area contributed by atoms with Gasteiger partial charge in [-0.1, -0.05) is 60.2 Å². The Labute approximate surface area is 182 Å². The van der Waals surface area contributed by atoms with Crippen molar-refractivity contribution >= 4 is 21.8 Å². The summed E-state index contributed by atoms with van der Waals surface area (Å²) < 4.78 is 31.1. The number of hydrogen-bond donors (Lipinski definition) is 0. The van der Waals surface area contributed by atoms with Gasteiger partial charge in [0, 0.05) is 25.2 Å². The number of ketones is 1. The van der Waals surface area contributed by atoms with Crippen LogP contribution in [0.1, 0.15) is 37.4 Å². The summed E-state index contributed by atoms with van der Waals surface area (Å²) in [6.45, 7) is 1.81. The number of nitrogens with zero attached hydrogens (tertiary/aromatic N) is 1. The normalized spacial score (nSPS) is 11.4. The van der Waals surface area contributed by atoms with Crippen LogP contribution in [0.15, 0.2) is 77.7 Å². The molecule has 0 spiro atoms. The molecule has 0 aliphatic rings. The van der Waals surface area contributed by atoms with Gasteiger partial charge in [-0.3, -0.25) is 4.79 Å². The third-order valence-corrected chi connectivity index (χ3v) is 6.56. The van der Waals surface area contributed by atoms with E-state index < -0.39 is 16.0 Å². The summed E-state index contributed by atoms with van der Waals surface area (Å²) in [7, 11) is -0.697. The van der Waals surface area contributed by atoms with E-state index in [-0.39, 0.29) is 28.4 Å². The van der Waals surface area contributed by atoms with E-state index in [2.05, 4.69) is 0 Å². The monoisotopic (exact) mass is 437 g/mol. The van der Waals surface area contributed by atoms with Crippen LogP contribution in [0.3, 0.4) is 0 Å². The molecule has 0 amide bonds. The third-order valence-electron chi connectivity index (χ3n) is 4.75. The maximum absolute atomic E-state index is 12.9. The van der Waals surface area contributed by atoms with Crippen LogP contribution < -0.4 is 0 Å². The maximum Gasteiger partial charge on any atom is 0.339 e. The lowest BCUT2D eigenvalue weighted by Gasteiger charge is -2.13. The Morgan fingerprint density at radius 2 is 1.52 bits per heavy atom. The van der Waals surface area contributed by atoms with Crippen LogP contribution in [0.4, 0.5) is 0 Å². The van der Waals surface area contributed by atoms with Crippen molar-refractivity contribution in [2.45, 2.75) is 18.4 Å². The first-order valence-corrected chi connectivity index (χ1v) is 11.0. The largest absolute Gasteiger partial charge is 0.457 e. The summed E-state index contributed by atoms with van der Waals surface area (Å²) in [5, 5.41) is 0. The van der Waals surface area contributed by atoms with Gasteiger partial charge in [0.15, 0.2) is 5.78 Å². The first-order valence-electron chi connectivity index (χ1n) is 9.59. The summed E-state index contributed by atoms with van der Waals surface area (Å²) in [5.41, 5.74) is 2.44. The molecule has 3 rings (SSSR count). The molecule has 0 N–H and O–H groups in total. The molecule has 0 aliphatic carbocycles. The van der Waals surface area contributed by atoms with Gasteiger partial charge < -0.3 is 4.74 Å². The molecule has 0 radical (unpaired) electrons. The van der Waals surface area contributed by atoms with E-state index in [9.17, 15) is 18.0 Å². The number of carbonyl (C=O) groups excluding carboxylic acids is 2. The van der Waals surface area contributed by atoms with Crippen molar-refractivity contribution in [1.82, 2.24) is 4.31 Å². The van der Waals surface area contributed by atoms with E-state index in [0.717, 1.165) is 9.87 Å². The Hall–Kier alpha value is -3.29. The lowest BCUT2D eigenvalue weighted by molar-refractivity contribution is 0.0470. The van der Waals surface area contributed by atoms with Gasteiger partial charge in [-0.2, -0.15) is 0 Å². The minimum Gasteiger partial charge on any atom is -0.457 e. The Bertz CT molecular complexity index is 1210. The topological polar surface area (TPSA) is 80.8 Å². The molecule has 0 heterocycles. The van der Waals surface area contributed by atoms with Gasteiger partial charge in [0.1, 0.15) is 6.61 Å². The molecule has 0 unspecified atom stereocenters. The fraction of sp³-hybridized carbons (Fsp3) is 0.167. The summed E-state index contributed by atoms with van der Waals surface area (Å²) in [6.07, 6.45) is 0. The van der Waals surface area contributed by atoms with Gasteiger partial charge in [-0.05, 0) is 30.7 Å². The predicted octanol–water partition coefficient (Wildman–Crippen LogP) is 3.83. The number of ether oxygens (including phenoxy) is 1. The average Bonchev–Trinajstić information content (AvgIpc) is 2.77. The summed E-state index contributed by atoms with van der Waals surface area (Å²) in [5.74, 6) is -0.927. The van der Waals surface area contributed by atoms with Crippen LogP contribution in [-0.4, -0.2) is 38.6 Å². The van der Waals surface area contributed by atoms with Gasteiger partial charge in [-0.25, -0.2) is 17.5 Å². The smallest absolute Gasteiger partial charge is 0.339 e. The molecule has 0 saturated carbocycles. The van der Waals surface area contributed by atoms with E-state index in [1.54, 1.807) is 42.5 Å². The van der Waals surface area contributed by atoms with Gasteiger partial charge >= 0.3 is 5.97 Å². The second kappa shape index (κ2) is 9.24. The molecule has 7 heteroatoms. The van der Waals surface area contributed by atoms with Gasteiger partial charge in [-0.15, -0.1) is 0 Å². The molecule has 0 aromatic heterocycles. The standard InChI is InChI=1S/C24H23NO5S/c1-17-11-13-19(14-12-17)23(26)21-9-4-5-10-22(21)24(27)30-16-18-7-6-8-20(15-18)31(28,29)25(2)3/h4-15H,16H2,1-3H3. The molecule has 31 heavy (non-hydrogen) atoms. The van der Waals surface area contributed by atoms with Crippen LogP contribution in [0.25, 0.3) is 0 Å². The van der Waals surface area contributed by atoms with Crippen molar-refractivity contribution in [1.29, 1.82) is 0 Å². The number of carbonyl (C=O) groups is 2. The number of esters is 1. The van der Waals surface area contributed by atoms with E-state index in [1.807, 2.05) is 19.1 Å². The highest BCUT2D eigenvalue weighted by atomic mass is 32.2. The van der Waals surface area contributed by atoms with Crippen LogP contribution in [0, 0.1) is 6.92 Å². The van der Waals surface area contributed by atoms with Crippen molar-refractivity contribution in [3.63, 3.8) is 0 Å². The summed E-state index contributed by atoms with van der Waals surface area (Å²) in [6, 6.07) is 19.8. The predicted molar refractivity (Wildman–Crippen MR) is 117 cm³/mol. The van der Waals surface area contributed by atoms with Gasteiger partial charge in [0.25, 0.3) is 0 Å². The van der Waals surface area contributed by atoms with Crippen molar-refractivity contribution in [2.75, 3.05) is 14.1 Å². The zero-order chi connectivity index (χ0) is 22.6. The van der Waals surface area contributed by atoms with Crippen LogP contribution >= 0.6 is 0 Å². The second-order valence-electron chi connectivity index (χ2n) is 7.25. The molecule has 0 fully saturated rings. The third kappa shape index (κ3) is 5.07. The lowest BCUT2D eigenvalue weighted by atomic mass is 9.98. The minimum absolute atomic E-state index is 0.112. The van der Waals surface area contributed by atoms with Gasteiger partial charge in [0.2, 0.25) is 10.0 Å². The highest BCUT2D eigenvalue weighted by Gasteiger charge is 2.20. The maximum atomic E-state index is 12.9. The van der Waals surface area contributed by atoms with Crippen molar-refractivity contribution in [2.24, 2.45) is 0 Å². The fourth-order valence-electron chi connectivity index (χ4n) is 2.95. The molecule has 3 aromatic rings. The zero-order valence-corrected chi connectivity index (χ0v) is 18.3. The molecule has 0 aliphatic heterocycles. The van der Waals surface area contributed by atoms with E-state index in [0.29, 0.717) is 11.1 Å². The van der Waals surface area contributed by atoms with Crippen molar-refractivity contribution < 1.29 is 22.7 Å². The lowest BCUT2D eigenvalue weighted by Crippen LogP contribution is -2.22. The fourth-order valence-corrected chi connectivity index (χ4v) is 3.93. The van der Waals surface area contributed by atoms with E-state index in [1.165, 1.54) is 32.3 Å². The summed E-state index contributed by atoms with van der Waals surface area (Å²) >= 11 is 0. The molecule has 0 saturated heterocycles. The Morgan fingerprint density at radius 1 is 0.871 bits per heavy atom. The molecular formula is C24H23NO5S. The van der Waals surface area contributed by atoms with Crippen LogP contribution in [0.2, 0.25) is 0 Å². The number of rotatable bonds is 7. The molecule has 3 aromatic carbocycles. The first kappa shape index (κ1) is 22.4. The molecule has 160 valence electrons. The number of hydrogen-bond acceptors (Lipinski definition) is 5. The van der Waals surface area contributed by atoms with Crippen LogP contribution in [0.5, 0.6) is 0 Å². The number of aryl methyl sites for hydroxylation is 1. The highest BCUT2D eigenvalue weighted by Crippen LogP contribution is 2.19. The van der Waals surface area contributed by atoms with Gasteiger partial charge in [0.05, 0.1) is 10.5 Å². The molecular weight excluding hydrogens is 414 g/mol. The molecule has 6 nitrogen and oxygen atoms in total. The second-order valence-corrected chi connectivity index (χ2v) is 9.40. The van der Waals surface area contributed by atoms with Crippen molar-refractivity contribution in [3.8, 4) is 0 Å². The SMILES string of the molecule is Cc1ccc(C(=O)c2ccccc2C(=O)OCc2cccc(S(=O)(=O)N(C)C)c2)cc1. The summed E-state index contributed by atoms with van der Waals surface area (Å²) in [4.78, 5) is 25.7. The first-order chi connectivity index (χ1) is 14.7.